The number of hydrogen-bond acceptors (Lipinski definition) is 6. The summed E-state index contributed by atoms with van der Waals surface area (Å²) in [5, 5.41) is 12.2. The molecule has 3 heterocycles. The van der Waals surface area contributed by atoms with Gasteiger partial charge < -0.3 is 25.0 Å². The number of halogens is 2. The van der Waals surface area contributed by atoms with Crippen molar-refractivity contribution in [1.82, 2.24) is 20.1 Å². The molecule has 198 valence electrons. The van der Waals surface area contributed by atoms with Crippen molar-refractivity contribution in [2.45, 2.75) is 38.8 Å². The number of rotatable bonds is 11. The van der Waals surface area contributed by atoms with Gasteiger partial charge >= 0.3 is 5.97 Å². The van der Waals surface area contributed by atoms with Gasteiger partial charge in [-0.3, -0.25) is 14.4 Å². The van der Waals surface area contributed by atoms with E-state index in [0.29, 0.717) is 36.5 Å². The second kappa shape index (κ2) is 11.7. The van der Waals surface area contributed by atoms with Crippen LogP contribution in [0.5, 0.6) is 5.88 Å². The average Bonchev–Trinajstić information content (AvgIpc) is 2.82. The summed E-state index contributed by atoms with van der Waals surface area (Å²) in [6.07, 6.45) is 1.87. The number of nitrogens with one attached hydrogen (secondary N) is 1. The summed E-state index contributed by atoms with van der Waals surface area (Å²) in [5.74, 6) is -0.963. The number of carboxylic acid groups (broad SMARTS) is 1. The van der Waals surface area contributed by atoms with Crippen LogP contribution in [-0.2, 0) is 16.1 Å². The van der Waals surface area contributed by atoms with Gasteiger partial charge in [0.25, 0.3) is 11.8 Å². The summed E-state index contributed by atoms with van der Waals surface area (Å²) >= 11 is 12.0. The average molecular weight is 549 g/mol. The molecular weight excluding hydrogens is 519 g/mol. The number of hydrogen-bond donors (Lipinski definition) is 2. The van der Waals surface area contributed by atoms with Gasteiger partial charge in [0.2, 0.25) is 5.88 Å². The lowest BCUT2D eigenvalue weighted by Crippen LogP contribution is -2.72. The van der Waals surface area contributed by atoms with E-state index >= 15 is 0 Å². The van der Waals surface area contributed by atoms with E-state index in [4.69, 9.17) is 33.0 Å². The summed E-state index contributed by atoms with van der Waals surface area (Å²) in [6, 6.07) is 8.75. The van der Waals surface area contributed by atoms with Crippen LogP contribution in [0, 0.1) is 5.41 Å². The minimum atomic E-state index is -0.778. The van der Waals surface area contributed by atoms with E-state index in [2.05, 4.69) is 15.2 Å². The van der Waals surface area contributed by atoms with Gasteiger partial charge in [0.1, 0.15) is 5.02 Å². The van der Waals surface area contributed by atoms with Crippen molar-refractivity contribution >= 4 is 41.0 Å². The summed E-state index contributed by atoms with van der Waals surface area (Å²) in [5.41, 5.74) is 1.53. The van der Waals surface area contributed by atoms with Crippen LogP contribution in [0.3, 0.4) is 0 Å². The molecule has 0 saturated carbocycles. The van der Waals surface area contributed by atoms with Crippen LogP contribution in [0.1, 0.15) is 42.1 Å². The maximum Gasteiger partial charge on any atom is 0.303 e. The summed E-state index contributed by atoms with van der Waals surface area (Å²) < 4.78 is 5.69. The maximum atomic E-state index is 13.0. The zero-order chi connectivity index (χ0) is 26.6. The maximum absolute atomic E-state index is 13.0. The van der Waals surface area contributed by atoms with Gasteiger partial charge in [-0.25, -0.2) is 4.98 Å². The molecule has 4 rings (SSSR count). The van der Waals surface area contributed by atoms with E-state index in [0.717, 1.165) is 25.2 Å². The fourth-order valence-electron chi connectivity index (χ4n) is 4.87. The molecule has 0 radical (unpaired) electrons. The van der Waals surface area contributed by atoms with Crippen molar-refractivity contribution in [1.29, 1.82) is 0 Å². The third-order valence-electron chi connectivity index (χ3n) is 6.65. The van der Waals surface area contributed by atoms with Gasteiger partial charge in [0.15, 0.2) is 6.10 Å². The summed E-state index contributed by atoms with van der Waals surface area (Å²) in [6.45, 7) is 6.07. The van der Waals surface area contributed by atoms with Crippen molar-refractivity contribution in [2.24, 2.45) is 5.41 Å². The van der Waals surface area contributed by atoms with Crippen LogP contribution in [0.2, 0.25) is 10.0 Å². The van der Waals surface area contributed by atoms with E-state index in [1.807, 2.05) is 24.0 Å². The minimum Gasteiger partial charge on any atom is -0.481 e. The molecule has 2 aliphatic rings. The number of carbonyl (C=O) groups is 3. The monoisotopic (exact) mass is 548 g/mol. The van der Waals surface area contributed by atoms with Gasteiger partial charge in [-0.1, -0.05) is 42.3 Å². The molecule has 2 aliphatic heterocycles. The van der Waals surface area contributed by atoms with Crippen LogP contribution in [0.4, 0.5) is 0 Å². The Morgan fingerprint density at radius 1 is 1.19 bits per heavy atom. The Kier molecular flexibility index (Phi) is 8.56. The second-order valence-electron chi connectivity index (χ2n) is 9.74. The molecule has 0 bridgehead atoms. The lowest BCUT2D eigenvalue weighted by Gasteiger charge is -2.60. The van der Waals surface area contributed by atoms with Crippen LogP contribution >= 0.6 is 23.2 Å². The van der Waals surface area contributed by atoms with Gasteiger partial charge in [0, 0.05) is 56.3 Å². The Bertz CT molecular complexity index is 1160. The first kappa shape index (κ1) is 27.2. The first-order chi connectivity index (χ1) is 17.7. The second-order valence-corrected chi connectivity index (χ2v) is 10.6. The normalized spacial score (nSPS) is 17.0. The molecule has 1 aromatic heterocycles. The zero-order valence-corrected chi connectivity index (χ0v) is 22.1. The first-order valence-corrected chi connectivity index (χ1v) is 13.0. The van der Waals surface area contributed by atoms with E-state index in [9.17, 15) is 14.4 Å². The third-order valence-corrected chi connectivity index (χ3v) is 7.13. The van der Waals surface area contributed by atoms with Crippen molar-refractivity contribution in [3.05, 3.63) is 57.7 Å². The fraction of sp³-hybridized carbons (Fsp3) is 0.462. The minimum absolute atomic E-state index is 0.0265. The summed E-state index contributed by atoms with van der Waals surface area (Å²) in [4.78, 5) is 44.5. The topological polar surface area (TPSA) is 112 Å². The van der Waals surface area contributed by atoms with Crippen molar-refractivity contribution < 1.29 is 24.2 Å². The largest absolute Gasteiger partial charge is 0.481 e. The molecule has 0 aliphatic carbocycles. The van der Waals surface area contributed by atoms with Crippen LogP contribution in [0.25, 0.3) is 0 Å². The predicted molar refractivity (Wildman–Crippen MR) is 139 cm³/mol. The first-order valence-electron chi connectivity index (χ1n) is 12.3. The van der Waals surface area contributed by atoms with Crippen LogP contribution < -0.4 is 10.1 Å². The predicted octanol–water partition coefficient (Wildman–Crippen LogP) is 3.48. The lowest BCUT2D eigenvalue weighted by molar-refractivity contribution is -0.137. The molecule has 2 fully saturated rings. The van der Waals surface area contributed by atoms with E-state index in [-0.39, 0.29) is 41.1 Å². The van der Waals surface area contributed by atoms with E-state index in [1.54, 1.807) is 12.1 Å². The Morgan fingerprint density at radius 2 is 1.95 bits per heavy atom. The highest BCUT2D eigenvalue weighted by atomic mass is 35.5. The number of nitrogens with zero attached hydrogens (tertiary/aromatic N) is 3. The number of carboxylic acids is 1. The molecule has 11 heteroatoms. The van der Waals surface area contributed by atoms with Crippen molar-refractivity contribution in [3.8, 4) is 5.88 Å². The highest BCUT2D eigenvalue weighted by Crippen LogP contribution is 2.40. The summed E-state index contributed by atoms with van der Waals surface area (Å²) in [7, 11) is 0. The molecule has 0 unspecified atom stereocenters. The van der Waals surface area contributed by atoms with Crippen molar-refractivity contribution in [3.63, 3.8) is 0 Å². The van der Waals surface area contributed by atoms with Crippen molar-refractivity contribution in [2.75, 3.05) is 32.7 Å². The van der Waals surface area contributed by atoms with E-state index in [1.165, 1.54) is 12.3 Å². The molecule has 2 aromatic rings. The Hall–Kier alpha value is -2.88. The molecule has 2 N–H and O–H groups in total. The highest BCUT2D eigenvalue weighted by molar-refractivity contribution is 6.35. The number of likely N-dealkylation sites (tertiary alicyclic amines) is 2. The number of aromatic nitrogens is 1. The lowest BCUT2D eigenvalue weighted by atomic mass is 9.72. The number of carbonyl (C=O) groups excluding carboxylic acids is 2. The number of ether oxygens (including phenoxy) is 1. The Balaban J connectivity index is 1.24. The SMILES string of the molecule is CC[C@@H](Oc1ncc(Cl)cc1Cl)C(=O)NCc1cccc(C(=O)N2CC3(CN(CCCC(=O)O)C3)C2)c1. The zero-order valence-electron chi connectivity index (χ0n) is 20.6. The molecule has 2 saturated heterocycles. The molecular formula is C26H30Cl2N4O5. The molecule has 1 spiro atoms. The van der Waals surface area contributed by atoms with Crippen LogP contribution in [0.15, 0.2) is 36.5 Å². The number of pyridine rings is 1. The standard InChI is InChI=1S/C26H30Cl2N4O5/c1-2-21(37-24-20(28)10-19(27)12-30-24)23(35)29-11-17-5-3-6-18(9-17)25(36)32-15-26(16-32)13-31(14-26)8-4-7-22(33)34/h3,5-6,9-10,12,21H,2,4,7-8,11,13-16H2,1H3,(H,29,35)(H,33,34)/t21-/m1/s1. The fourth-order valence-corrected chi connectivity index (χ4v) is 5.29. The third kappa shape index (κ3) is 6.71. The van der Waals surface area contributed by atoms with Gasteiger partial charge in [-0.2, -0.15) is 0 Å². The smallest absolute Gasteiger partial charge is 0.303 e. The van der Waals surface area contributed by atoms with Crippen LogP contribution in [-0.4, -0.2) is 76.5 Å². The molecule has 37 heavy (non-hydrogen) atoms. The highest BCUT2D eigenvalue weighted by Gasteiger charge is 2.52. The molecule has 9 nitrogen and oxygen atoms in total. The number of benzene rings is 1. The molecule has 1 aromatic carbocycles. The van der Waals surface area contributed by atoms with Gasteiger partial charge in [-0.15, -0.1) is 0 Å². The molecule has 2 amide bonds. The number of amides is 2. The number of aliphatic carboxylic acids is 1. The van der Waals surface area contributed by atoms with Gasteiger partial charge in [0.05, 0.1) is 5.02 Å². The molecule has 1 atom stereocenters. The quantitative estimate of drug-likeness (QED) is 0.442. The van der Waals surface area contributed by atoms with Gasteiger partial charge in [-0.05, 0) is 43.1 Å². The Labute approximate surface area is 225 Å². The van der Waals surface area contributed by atoms with E-state index < -0.39 is 12.1 Å². The Morgan fingerprint density at radius 3 is 2.62 bits per heavy atom.